The summed E-state index contributed by atoms with van der Waals surface area (Å²) in [6, 6.07) is 0. The van der Waals surface area contributed by atoms with Crippen LogP contribution in [0.2, 0.25) is 0 Å². The van der Waals surface area contributed by atoms with Gasteiger partial charge in [-0.3, -0.25) is 0 Å². The predicted molar refractivity (Wildman–Crippen MR) is 78.6 cm³/mol. The number of hydrogen-bond donors (Lipinski definition) is 0. The molecule has 1 saturated heterocycles. The molecule has 0 aliphatic carbocycles. The number of morpholine rings is 1. The lowest BCUT2D eigenvalue weighted by Crippen LogP contribution is -2.42. The standard InChI is InChI=1S/C13H19N5O3S/c1-10-6-17(3)13(15-10)11-7-18(4-5-21-11)22(19,20)12-8-16(2)9-14-12/h6,8-9,11H,4-5,7H2,1-3H3. The molecule has 2 aromatic heterocycles. The summed E-state index contributed by atoms with van der Waals surface area (Å²) in [5.41, 5.74) is 0.880. The van der Waals surface area contributed by atoms with Crippen LogP contribution in [0.3, 0.4) is 0 Å². The molecule has 0 bridgehead atoms. The van der Waals surface area contributed by atoms with Crippen LogP contribution in [0.4, 0.5) is 0 Å². The number of nitrogens with zero attached hydrogens (tertiary/aromatic N) is 5. The Morgan fingerprint density at radius 3 is 2.68 bits per heavy atom. The van der Waals surface area contributed by atoms with Gasteiger partial charge in [-0.2, -0.15) is 4.31 Å². The van der Waals surface area contributed by atoms with Crippen LogP contribution in [-0.2, 0) is 28.9 Å². The number of imidazole rings is 2. The van der Waals surface area contributed by atoms with Gasteiger partial charge in [-0.25, -0.2) is 18.4 Å². The zero-order chi connectivity index (χ0) is 15.9. The number of aryl methyl sites for hydroxylation is 3. The average Bonchev–Trinajstić information content (AvgIpc) is 3.05. The van der Waals surface area contributed by atoms with Crippen LogP contribution < -0.4 is 0 Å². The summed E-state index contributed by atoms with van der Waals surface area (Å²) in [7, 11) is 0.0169. The first-order chi connectivity index (χ1) is 10.4. The summed E-state index contributed by atoms with van der Waals surface area (Å²) in [6.07, 6.45) is 4.51. The zero-order valence-corrected chi connectivity index (χ0v) is 13.6. The lowest BCUT2D eigenvalue weighted by molar-refractivity contribution is -0.00899. The monoisotopic (exact) mass is 325 g/mol. The van der Waals surface area contributed by atoms with Crippen LogP contribution in [0.15, 0.2) is 23.7 Å². The van der Waals surface area contributed by atoms with Crippen molar-refractivity contribution in [2.75, 3.05) is 19.7 Å². The van der Waals surface area contributed by atoms with Gasteiger partial charge in [0.2, 0.25) is 0 Å². The van der Waals surface area contributed by atoms with Crippen molar-refractivity contribution in [3.63, 3.8) is 0 Å². The Labute approximate surface area is 129 Å². The smallest absolute Gasteiger partial charge is 0.262 e. The van der Waals surface area contributed by atoms with Crippen molar-refractivity contribution < 1.29 is 13.2 Å². The molecule has 0 amide bonds. The zero-order valence-electron chi connectivity index (χ0n) is 12.8. The first-order valence-corrected chi connectivity index (χ1v) is 8.41. The average molecular weight is 325 g/mol. The summed E-state index contributed by atoms with van der Waals surface area (Å²) < 4.78 is 35.9. The molecule has 3 heterocycles. The molecule has 1 unspecified atom stereocenters. The van der Waals surface area contributed by atoms with Crippen molar-refractivity contribution in [2.24, 2.45) is 14.1 Å². The second-order valence-corrected chi connectivity index (χ2v) is 7.34. The van der Waals surface area contributed by atoms with E-state index >= 15 is 0 Å². The fourth-order valence-electron chi connectivity index (χ4n) is 2.59. The van der Waals surface area contributed by atoms with E-state index in [0.717, 1.165) is 11.5 Å². The van der Waals surface area contributed by atoms with E-state index in [1.165, 1.54) is 16.8 Å². The molecule has 8 nitrogen and oxygen atoms in total. The van der Waals surface area contributed by atoms with Gasteiger partial charge in [0.1, 0.15) is 11.9 Å². The summed E-state index contributed by atoms with van der Waals surface area (Å²) in [4.78, 5) is 8.38. The van der Waals surface area contributed by atoms with Crippen LogP contribution in [0.25, 0.3) is 0 Å². The molecule has 1 fully saturated rings. The Morgan fingerprint density at radius 2 is 2.09 bits per heavy atom. The van der Waals surface area contributed by atoms with Crippen LogP contribution in [-0.4, -0.2) is 51.5 Å². The minimum Gasteiger partial charge on any atom is -0.368 e. The Bertz CT molecular complexity index is 779. The molecule has 0 saturated carbocycles. The van der Waals surface area contributed by atoms with E-state index in [2.05, 4.69) is 9.97 Å². The maximum atomic E-state index is 12.6. The van der Waals surface area contributed by atoms with Gasteiger partial charge in [0.05, 0.1) is 18.6 Å². The number of rotatable bonds is 3. The quantitative estimate of drug-likeness (QED) is 0.806. The normalized spacial score (nSPS) is 20.4. The third-order valence-electron chi connectivity index (χ3n) is 3.64. The van der Waals surface area contributed by atoms with E-state index in [9.17, 15) is 8.42 Å². The maximum absolute atomic E-state index is 12.6. The highest BCUT2D eigenvalue weighted by Gasteiger charge is 2.34. The Morgan fingerprint density at radius 1 is 1.32 bits per heavy atom. The molecule has 2 aromatic rings. The molecule has 1 aliphatic heterocycles. The molecule has 0 N–H and O–H groups in total. The number of ether oxygens (including phenoxy) is 1. The van der Waals surface area contributed by atoms with E-state index < -0.39 is 10.0 Å². The fraction of sp³-hybridized carbons (Fsp3) is 0.538. The Hall–Kier alpha value is -1.71. The highest BCUT2D eigenvalue weighted by molar-refractivity contribution is 7.89. The van der Waals surface area contributed by atoms with Crippen molar-refractivity contribution in [1.82, 2.24) is 23.4 Å². The van der Waals surface area contributed by atoms with Crippen LogP contribution in [0.1, 0.15) is 17.6 Å². The molecule has 120 valence electrons. The van der Waals surface area contributed by atoms with E-state index in [1.807, 2.05) is 24.7 Å². The minimum absolute atomic E-state index is 0.0617. The van der Waals surface area contributed by atoms with Gasteiger partial charge in [-0.05, 0) is 6.92 Å². The Kier molecular flexibility index (Phi) is 3.79. The molecular weight excluding hydrogens is 306 g/mol. The van der Waals surface area contributed by atoms with Gasteiger partial charge in [0.25, 0.3) is 10.0 Å². The van der Waals surface area contributed by atoms with Crippen LogP contribution in [0.5, 0.6) is 0 Å². The van der Waals surface area contributed by atoms with Gasteiger partial charge in [0.15, 0.2) is 5.03 Å². The number of sulfonamides is 1. The van der Waals surface area contributed by atoms with Crippen molar-refractivity contribution in [3.05, 3.63) is 30.2 Å². The van der Waals surface area contributed by atoms with Gasteiger partial charge >= 0.3 is 0 Å². The lowest BCUT2D eigenvalue weighted by Gasteiger charge is -2.31. The largest absolute Gasteiger partial charge is 0.368 e. The molecule has 3 rings (SSSR count). The third kappa shape index (κ3) is 2.67. The van der Waals surface area contributed by atoms with E-state index in [0.29, 0.717) is 13.2 Å². The summed E-state index contributed by atoms with van der Waals surface area (Å²) >= 11 is 0. The molecule has 9 heteroatoms. The van der Waals surface area contributed by atoms with Crippen LogP contribution >= 0.6 is 0 Å². The summed E-state index contributed by atoms with van der Waals surface area (Å²) in [5, 5.41) is 0.0617. The predicted octanol–water partition coefficient (Wildman–Crippen LogP) is 0.224. The lowest BCUT2D eigenvalue weighted by atomic mass is 10.3. The van der Waals surface area contributed by atoms with Gasteiger partial charge in [-0.15, -0.1) is 0 Å². The minimum atomic E-state index is -3.60. The summed E-state index contributed by atoms with van der Waals surface area (Å²) in [6.45, 7) is 2.79. The fourth-order valence-corrected chi connectivity index (χ4v) is 3.98. The first-order valence-electron chi connectivity index (χ1n) is 6.97. The molecule has 0 radical (unpaired) electrons. The number of aromatic nitrogens is 4. The maximum Gasteiger partial charge on any atom is 0.262 e. The van der Waals surface area contributed by atoms with Crippen molar-refractivity contribution in [3.8, 4) is 0 Å². The van der Waals surface area contributed by atoms with E-state index in [4.69, 9.17) is 4.74 Å². The molecule has 0 spiro atoms. The highest BCUT2D eigenvalue weighted by Crippen LogP contribution is 2.25. The topological polar surface area (TPSA) is 82.2 Å². The molecular formula is C13H19N5O3S. The second-order valence-electron chi connectivity index (χ2n) is 5.45. The van der Waals surface area contributed by atoms with Crippen molar-refractivity contribution in [1.29, 1.82) is 0 Å². The second kappa shape index (κ2) is 5.49. The molecule has 0 aromatic carbocycles. The molecule has 1 atom stereocenters. The van der Waals surface area contributed by atoms with Gasteiger partial charge < -0.3 is 13.9 Å². The van der Waals surface area contributed by atoms with Gasteiger partial charge in [-0.1, -0.05) is 0 Å². The first kappa shape index (κ1) is 15.2. The number of hydrogen-bond acceptors (Lipinski definition) is 5. The van der Waals surface area contributed by atoms with Crippen molar-refractivity contribution in [2.45, 2.75) is 18.1 Å². The van der Waals surface area contributed by atoms with E-state index in [1.54, 1.807) is 11.6 Å². The van der Waals surface area contributed by atoms with Crippen LogP contribution in [0, 0.1) is 6.92 Å². The highest BCUT2D eigenvalue weighted by atomic mass is 32.2. The molecule has 1 aliphatic rings. The SMILES string of the molecule is Cc1cn(C)c(C2CN(S(=O)(=O)c3cn(C)cn3)CCO2)n1. The Balaban J connectivity index is 1.85. The third-order valence-corrected chi connectivity index (χ3v) is 5.39. The van der Waals surface area contributed by atoms with E-state index in [-0.39, 0.29) is 17.7 Å². The van der Waals surface area contributed by atoms with Crippen molar-refractivity contribution >= 4 is 10.0 Å². The molecule has 22 heavy (non-hydrogen) atoms. The summed E-state index contributed by atoms with van der Waals surface area (Å²) in [5.74, 6) is 0.735. The van der Waals surface area contributed by atoms with Gasteiger partial charge in [0, 0.05) is 39.6 Å².